The van der Waals surface area contributed by atoms with Crippen LogP contribution in [0.4, 0.5) is 0 Å². The first-order chi connectivity index (χ1) is 9.94. The lowest BCUT2D eigenvalue weighted by atomic mass is 9.90. The maximum Gasteiger partial charge on any atom is 0.220 e. The highest BCUT2D eigenvalue weighted by Gasteiger charge is 2.22. The molecule has 1 N–H and O–H groups in total. The first-order valence-corrected chi connectivity index (χ1v) is 7.91. The Labute approximate surface area is 129 Å². The summed E-state index contributed by atoms with van der Waals surface area (Å²) < 4.78 is 0. The van der Waals surface area contributed by atoms with Crippen LogP contribution in [-0.2, 0) is 0 Å². The van der Waals surface area contributed by atoms with Gasteiger partial charge in [-0.05, 0) is 26.7 Å². The lowest BCUT2D eigenvalue weighted by Crippen LogP contribution is -2.31. The van der Waals surface area contributed by atoms with Gasteiger partial charge in [0.2, 0.25) is 5.96 Å². The third kappa shape index (κ3) is 5.37. The molecular formula is C17H30N4. The molecule has 0 aromatic carbocycles. The second-order valence-electron chi connectivity index (χ2n) is 5.77. The van der Waals surface area contributed by atoms with Crippen molar-refractivity contribution in [2.24, 2.45) is 9.98 Å². The molecule has 0 fully saturated rings. The van der Waals surface area contributed by atoms with E-state index in [9.17, 15) is 0 Å². The Hall–Kier alpha value is -1.58. The highest BCUT2D eigenvalue weighted by Crippen LogP contribution is 2.25. The second kappa shape index (κ2) is 8.01. The highest BCUT2D eigenvalue weighted by atomic mass is 15.2. The van der Waals surface area contributed by atoms with E-state index in [1.165, 1.54) is 5.57 Å². The zero-order valence-electron chi connectivity index (χ0n) is 14.4. The summed E-state index contributed by atoms with van der Waals surface area (Å²) >= 11 is 0. The van der Waals surface area contributed by atoms with Crippen LogP contribution in [0.1, 0.15) is 47.0 Å². The number of nitrogens with zero attached hydrogens (tertiary/aromatic N) is 3. The molecule has 0 radical (unpaired) electrons. The van der Waals surface area contributed by atoms with Gasteiger partial charge in [-0.2, -0.15) is 0 Å². The summed E-state index contributed by atoms with van der Waals surface area (Å²) in [5.74, 6) is 1.76. The van der Waals surface area contributed by atoms with E-state index in [-0.39, 0.29) is 5.54 Å². The number of allylic oxidation sites excluding steroid dienone is 2. The van der Waals surface area contributed by atoms with Crippen LogP contribution in [0.25, 0.3) is 0 Å². The van der Waals surface area contributed by atoms with Crippen LogP contribution < -0.4 is 5.32 Å². The number of guanidine groups is 1. The third-order valence-electron chi connectivity index (χ3n) is 3.61. The molecule has 0 spiro atoms. The number of amidine groups is 1. The fourth-order valence-corrected chi connectivity index (χ4v) is 2.23. The maximum atomic E-state index is 4.86. The third-order valence-corrected chi connectivity index (χ3v) is 3.61. The normalized spacial score (nSPS) is 23.0. The summed E-state index contributed by atoms with van der Waals surface area (Å²) in [6.45, 7) is 9.34. The SMILES string of the molecule is CCNC(=N[C@]1(C)C=CC(CC)=CC1)N=C(CC)N(C)C. The molecule has 0 heterocycles. The minimum atomic E-state index is -0.204. The lowest BCUT2D eigenvalue weighted by Gasteiger charge is -2.25. The first-order valence-electron chi connectivity index (χ1n) is 7.91. The molecule has 4 heteroatoms. The van der Waals surface area contributed by atoms with E-state index in [0.29, 0.717) is 0 Å². The van der Waals surface area contributed by atoms with E-state index in [1.807, 2.05) is 19.0 Å². The second-order valence-corrected chi connectivity index (χ2v) is 5.77. The van der Waals surface area contributed by atoms with Gasteiger partial charge in [-0.1, -0.05) is 37.6 Å². The van der Waals surface area contributed by atoms with E-state index in [4.69, 9.17) is 4.99 Å². The standard InChI is InChI=1S/C17H30N4/c1-7-14-10-12-17(4,13-11-14)20-16(18-9-3)19-15(8-2)21(5)6/h10-12H,7-9,13H2,1-6H3,(H,18,20)/t17-/m1/s1. The molecule has 21 heavy (non-hydrogen) atoms. The molecule has 1 rings (SSSR count). The van der Waals surface area contributed by atoms with Crippen LogP contribution in [0, 0.1) is 0 Å². The average Bonchev–Trinajstić information content (AvgIpc) is 2.45. The van der Waals surface area contributed by atoms with Gasteiger partial charge in [-0.3, -0.25) is 0 Å². The fraction of sp³-hybridized carbons (Fsp3) is 0.647. The van der Waals surface area contributed by atoms with E-state index < -0.39 is 0 Å². The predicted octanol–water partition coefficient (Wildman–Crippen LogP) is 3.38. The van der Waals surface area contributed by atoms with Gasteiger partial charge in [0, 0.05) is 27.1 Å². The Morgan fingerprint density at radius 3 is 2.48 bits per heavy atom. The van der Waals surface area contributed by atoms with Crippen LogP contribution in [0.3, 0.4) is 0 Å². The zero-order valence-corrected chi connectivity index (χ0v) is 14.4. The minimum Gasteiger partial charge on any atom is -0.366 e. The smallest absolute Gasteiger partial charge is 0.220 e. The minimum absolute atomic E-state index is 0.204. The molecule has 118 valence electrons. The molecule has 0 amide bonds. The molecule has 0 aromatic rings. The van der Waals surface area contributed by atoms with Crippen molar-refractivity contribution in [2.45, 2.75) is 52.5 Å². The average molecular weight is 290 g/mol. The van der Waals surface area contributed by atoms with Gasteiger partial charge in [0.05, 0.1) is 5.54 Å². The van der Waals surface area contributed by atoms with Crippen molar-refractivity contribution >= 4 is 11.8 Å². The largest absolute Gasteiger partial charge is 0.366 e. The van der Waals surface area contributed by atoms with Gasteiger partial charge >= 0.3 is 0 Å². The summed E-state index contributed by atoms with van der Waals surface area (Å²) in [5, 5.41) is 3.28. The van der Waals surface area contributed by atoms with Crippen molar-refractivity contribution in [3.63, 3.8) is 0 Å². The van der Waals surface area contributed by atoms with Crippen molar-refractivity contribution in [3.8, 4) is 0 Å². The zero-order chi connectivity index (χ0) is 15.9. The van der Waals surface area contributed by atoms with Gasteiger partial charge in [-0.15, -0.1) is 0 Å². The Morgan fingerprint density at radius 2 is 2.05 bits per heavy atom. The monoisotopic (exact) mass is 290 g/mol. The molecule has 0 bridgehead atoms. The number of hydrogen-bond acceptors (Lipinski definition) is 1. The molecular weight excluding hydrogens is 260 g/mol. The Kier molecular flexibility index (Phi) is 6.66. The lowest BCUT2D eigenvalue weighted by molar-refractivity contribution is 0.580. The highest BCUT2D eigenvalue weighted by molar-refractivity contribution is 5.95. The van der Waals surface area contributed by atoms with Gasteiger partial charge in [0.1, 0.15) is 5.84 Å². The summed E-state index contributed by atoms with van der Waals surface area (Å²) in [7, 11) is 4.04. The quantitative estimate of drug-likeness (QED) is 0.637. The molecule has 1 atom stereocenters. The van der Waals surface area contributed by atoms with Crippen molar-refractivity contribution < 1.29 is 0 Å². The van der Waals surface area contributed by atoms with Crippen LogP contribution >= 0.6 is 0 Å². The van der Waals surface area contributed by atoms with E-state index in [1.54, 1.807) is 0 Å². The van der Waals surface area contributed by atoms with Crippen molar-refractivity contribution in [3.05, 3.63) is 23.8 Å². The van der Waals surface area contributed by atoms with E-state index in [2.05, 4.69) is 56.2 Å². The van der Waals surface area contributed by atoms with Crippen LogP contribution in [-0.4, -0.2) is 42.9 Å². The Morgan fingerprint density at radius 1 is 1.33 bits per heavy atom. The molecule has 0 unspecified atom stereocenters. The van der Waals surface area contributed by atoms with Gasteiger partial charge < -0.3 is 10.2 Å². The number of rotatable bonds is 4. The van der Waals surface area contributed by atoms with Crippen LogP contribution in [0.2, 0.25) is 0 Å². The molecule has 4 nitrogen and oxygen atoms in total. The fourth-order valence-electron chi connectivity index (χ4n) is 2.23. The molecule has 0 aromatic heterocycles. The maximum absolute atomic E-state index is 4.86. The molecule has 1 aliphatic rings. The number of nitrogens with one attached hydrogen (secondary N) is 1. The molecule has 0 aliphatic heterocycles. The molecule has 0 saturated carbocycles. The summed E-state index contributed by atoms with van der Waals surface area (Å²) in [6, 6.07) is 0. The van der Waals surface area contributed by atoms with E-state index in [0.717, 1.165) is 37.6 Å². The van der Waals surface area contributed by atoms with Gasteiger partial charge in [0.25, 0.3) is 0 Å². The van der Waals surface area contributed by atoms with Gasteiger partial charge in [-0.25, -0.2) is 9.98 Å². The number of hydrogen-bond donors (Lipinski definition) is 1. The van der Waals surface area contributed by atoms with Crippen molar-refractivity contribution in [2.75, 3.05) is 20.6 Å². The summed E-state index contributed by atoms with van der Waals surface area (Å²) in [5.41, 5.74) is 1.18. The number of aliphatic imine (C=N–C) groups is 2. The van der Waals surface area contributed by atoms with Gasteiger partial charge in [0.15, 0.2) is 0 Å². The molecule has 1 aliphatic carbocycles. The van der Waals surface area contributed by atoms with Crippen LogP contribution in [0.15, 0.2) is 33.8 Å². The van der Waals surface area contributed by atoms with Crippen molar-refractivity contribution in [1.29, 1.82) is 0 Å². The van der Waals surface area contributed by atoms with E-state index >= 15 is 0 Å². The predicted molar refractivity (Wildman–Crippen MR) is 93.1 cm³/mol. The summed E-state index contributed by atoms with van der Waals surface area (Å²) in [6.07, 6.45) is 9.57. The topological polar surface area (TPSA) is 40.0 Å². The Balaban J connectivity index is 3.00. The molecule has 0 saturated heterocycles. The van der Waals surface area contributed by atoms with Crippen LogP contribution in [0.5, 0.6) is 0 Å². The van der Waals surface area contributed by atoms with Crippen molar-refractivity contribution in [1.82, 2.24) is 10.2 Å². The first kappa shape index (κ1) is 17.5. The Bertz CT molecular complexity index is 457. The summed E-state index contributed by atoms with van der Waals surface area (Å²) in [4.78, 5) is 11.6.